The maximum absolute atomic E-state index is 11.4. The van der Waals surface area contributed by atoms with Crippen LogP contribution in [0.1, 0.15) is 12.7 Å². The molecular formula is C7H11N3O2S2. The summed E-state index contributed by atoms with van der Waals surface area (Å²) >= 11 is 3.93. The number of hydrogen-bond donors (Lipinski definition) is 2. The second kappa shape index (κ2) is 4.72. The summed E-state index contributed by atoms with van der Waals surface area (Å²) in [5, 5.41) is -0.413. The van der Waals surface area contributed by atoms with Gasteiger partial charge in [0.15, 0.2) is 0 Å². The van der Waals surface area contributed by atoms with Crippen molar-refractivity contribution in [3.05, 3.63) is 24.3 Å². The molecule has 14 heavy (non-hydrogen) atoms. The Morgan fingerprint density at radius 3 is 2.57 bits per heavy atom. The van der Waals surface area contributed by atoms with Crippen molar-refractivity contribution < 1.29 is 8.42 Å². The molecule has 1 aromatic rings. The highest BCUT2D eigenvalue weighted by Gasteiger charge is 2.14. The minimum absolute atomic E-state index is 0.223. The van der Waals surface area contributed by atoms with Crippen molar-refractivity contribution >= 4 is 22.7 Å². The largest absolute Gasteiger partial charge is 0.240 e. The Kier molecular flexibility index (Phi) is 3.85. The van der Waals surface area contributed by atoms with E-state index in [9.17, 15) is 8.42 Å². The quantitative estimate of drug-likeness (QED) is 0.574. The Bertz CT molecular complexity index is 377. The normalized spacial score (nSPS) is 13.9. The monoisotopic (exact) mass is 233 g/mol. The van der Waals surface area contributed by atoms with E-state index in [1.807, 2.05) is 0 Å². The molecule has 1 N–H and O–H groups in total. The molecule has 1 aromatic heterocycles. The maximum Gasteiger partial charge on any atom is 0.219 e. The van der Waals surface area contributed by atoms with E-state index < -0.39 is 15.4 Å². The first-order valence-corrected chi connectivity index (χ1v) is 6.10. The molecule has 1 rings (SSSR count). The molecular weight excluding hydrogens is 222 g/mol. The number of hydrogen-bond acceptors (Lipinski definition) is 5. The molecule has 0 bridgehead atoms. The van der Waals surface area contributed by atoms with Gasteiger partial charge < -0.3 is 0 Å². The van der Waals surface area contributed by atoms with Crippen LogP contribution in [0.15, 0.2) is 18.5 Å². The summed E-state index contributed by atoms with van der Waals surface area (Å²) < 4.78 is 25.1. The van der Waals surface area contributed by atoms with Gasteiger partial charge in [0.1, 0.15) is 11.6 Å². The van der Waals surface area contributed by atoms with Crippen molar-refractivity contribution in [1.29, 1.82) is 0 Å². The van der Waals surface area contributed by atoms with Crippen LogP contribution < -0.4 is 4.72 Å². The third kappa shape index (κ3) is 4.03. The van der Waals surface area contributed by atoms with Gasteiger partial charge in [-0.2, -0.15) is 12.6 Å². The van der Waals surface area contributed by atoms with Crippen molar-refractivity contribution in [2.24, 2.45) is 0 Å². The fourth-order valence-electron chi connectivity index (χ4n) is 0.876. The molecule has 1 heterocycles. The van der Waals surface area contributed by atoms with E-state index in [1.54, 1.807) is 13.0 Å². The van der Waals surface area contributed by atoms with Gasteiger partial charge in [0.2, 0.25) is 10.0 Å². The van der Waals surface area contributed by atoms with Crippen LogP contribution in [0.2, 0.25) is 0 Å². The van der Waals surface area contributed by atoms with Crippen molar-refractivity contribution in [2.45, 2.75) is 18.1 Å². The molecule has 1 atom stereocenters. The van der Waals surface area contributed by atoms with Gasteiger partial charge in [0.25, 0.3) is 0 Å². The highest BCUT2D eigenvalue weighted by atomic mass is 32.2. The van der Waals surface area contributed by atoms with Crippen molar-refractivity contribution in [1.82, 2.24) is 14.7 Å². The van der Waals surface area contributed by atoms with E-state index in [0.29, 0.717) is 0 Å². The molecule has 0 amide bonds. The van der Waals surface area contributed by atoms with Crippen LogP contribution in [-0.2, 0) is 15.8 Å². The van der Waals surface area contributed by atoms with E-state index in [4.69, 9.17) is 0 Å². The molecule has 0 aliphatic rings. The van der Waals surface area contributed by atoms with E-state index in [-0.39, 0.29) is 11.6 Å². The highest BCUT2D eigenvalue weighted by Crippen LogP contribution is 1.99. The molecule has 7 heteroatoms. The zero-order valence-electron chi connectivity index (χ0n) is 7.58. The fraction of sp³-hybridized carbons (Fsp3) is 0.429. The molecule has 0 aliphatic heterocycles. The molecule has 0 aromatic carbocycles. The van der Waals surface area contributed by atoms with Crippen molar-refractivity contribution in [3.63, 3.8) is 0 Å². The Morgan fingerprint density at radius 1 is 1.50 bits per heavy atom. The molecule has 5 nitrogen and oxygen atoms in total. The van der Waals surface area contributed by atoms with Crippen molar-refractivity contribution in [3.8, 4) is 0 Å². The van der Waals surface area contributed by atoms with Gasteiger partial charge >= 0.3 is 0 Å². The third-order valence-electron chi connectivity index (χ3n) is 1.29. The topological polar surface area (TPSA) is 72.0 Å². The molecule has 0 saturated heterocycles. The number of rotatable bonds is 4. The summed E-state index contributed by atoms with van der Waals surface area (Å²) in [5.41, 5.74) is 0. The summed E-state index contributed by atoms with van der Waals surface area (Å²) in [5.74, 6) is 0.0487. The Labute approximate surface area is 88.4 Å². The van der Waals surface area contributed by atoms with Crippen molar-refractivity contribution in [2.75, 3.05) is 0 Å². The average Bonchev–Trinajstić information content (AvgIpc) is 2.02. The second-order valence-electron chi connectivity index (χ2n) is 2.72. The average molecular weight is 233 g/mol. The minimum atomic E-state index is -3.39. The summed E-state index contributed by atoms with van der Waals surface area (Å²) in [7, 11) is -3.39. The van der Waals surface area contributed by atoms with Crippen LogP contribution >= 0.6 is 12.6 Å². The lowest BCUT2D eigenvalue weighted by Crippen LogP contribution is -2.30. The standard InChI is InChI=1S/C7H11N3O2S2/c1-6(13)10-14(11,12)5-7-8-3-2-4-9-7/h2-4,6,10,13H,5H2,1H3. The first kappa shape index (κ1) is 11.4. The number of sulfonamides is 1. The summed E-state index contributed by atoms with van der Waals surface area (Å²) in [6, 6.07) is 1.63. The van der Waals surface area contributed by atoms with Gasteiger partial charge in [-0.05, 0) is 13.0 Å². The predicted octanol–water partition coefficient (Wildman–Crippen LogP) is 0.172. The maximum atomic E-state index is 11.4. The summed E-state index contributed by atoms with van der Waals surface area (Å²) in [4.78, 5) is 7.63. The SMILES string of the molecule is CC(S)NS(=O)(=O)Cc1ncccn1. The number of thiol groups is 1. The smallest absolute Gasteiger partial charge is 0.219 e. The molecule has 0 saturated carbocycles. The second-order valence-corrected chi connectivity index (χ2v) is 5.25. The van der Waals surface area contributed by atoms with Crippen LogP contribution in [0, 0.1) is 0 Å². The molecule has 0 radical (unpaired) electrons. The van der Waals surface area contributed by atoms with Crippen LogP contribution in [0.4, 0.5) is 0 Å². The van der Waals surface area contributed by atoms with E-state index in [1.165, 1.54) is 12.4 Å². The third-order valence-corrected chi connectivity index (χ3v) is 2.94. The van der Waals surface area contributed by atoms with E-state index >= 15 is 0 Å². The molecule has 78 valence electrons. The van der Waals surface area contributed by atoms with Gasteiger partial charge in [-0.15, -0.1) is 0 Å². The van der Waals surface area contributed by atoms with Gasteiger partial charge in [-0.25, -0.2) is 23.1 Å². The number of nitrogens with zero attached hydrogens (tertiary/aromatic N) is 2. The Balaban J connectivity index is 2.70. The van der Waals surface area contributed by atoms with Gasteiger partial charge in [0, 0.05) is 12.4 Å². The molecule has 0 aliphatic carbocycles. The zero-order chi connectivity index (χ0) is 10.6. The van der Waals surface area contributed by atoms with Crippen LogP contribution in [0.3, 0.4) is 0 Å². The van der Waals surface area contributed by atoms with Gasteiger partial charge in [-0.1, -0.05) is 0 Å². The lowest BCUT2D eigenvalue weighted by molar-refractivity contribution is 0.579. The fourth-order valence-corrected chi connectivity index (χ4v) is 2.45. The summed E-state index contributed by atoms with van der Waals surface area (Å²) in [6.07, 6.45) is 3.00. The zero-order valence-corrected chi connectivity index (χ0v) is 9.29. The van der Waals surface area contributed by atoms with Crippen LogP contribution in [0.5, 0.6) is 0 Å². The molecule has 0 fully saturated rings. The summed E-state index contributed by atoms with van der Waals surface area (Å²) in [6.45, 7) is 1.63. The number of aromatic nitrogens is 2. The lowest BCUT2D eigenvalue weighted by Gasteiger charge is -2.07. The van der Waals surface area contributed by atoms with Crippen LogP contribution in [0.25, 0.3) is 0 Å². The Morgan fingerprint density at radius 2 is 2.07 bits per heavy atom. The number of nitrogens with one attached hydrogen (secondary N) is 1. The Hall–Kier alpha value is -0.660. The first-order chi connectivity index (χ1) is 6.49. The highest BCUT2D eigenvalue weighted by molar-refractivity contribution is 7.90. The molecule has 0 spiro atoms. The van der Waals surface area contributed by atoms with Crippen LogP contribution in [-0.4, -0.2) is 23.8 Å². The molecule has 1 unspecified atom stereocenters. The first-order valence-electron chi connectivity index (χ1n) is 3.93. The lowest BCUT2D eigenvalue weighted by atomic mass is 10.6. The van der Waals surface area contributed by atoms with Gasteiger partial charge in [-0.3, -0.25) is 0 Å². The predicted molar refractivity (Wildman–Crippen MR) is 56.2 cm³/mol. The minimum Gasteiger partial charge on any atom is -0.240 e. The van der Waals surface area contributed by atoms with E-state index in [0.717, 1.165) is 0 Å². The van der Waals surface area contributed by atoms with E-state index in [2.05, 4.69) is 27.3 Å². The van der Waals surface area contributed by atoms with Gasteiger partial charge in [0.05, 0.1) is 5.37 Å².